The molecule has 1 atom stereocenters. The zero-order valence-electron chi connectivity index (χ0n) is 12.0. The van der Waals surface area contributed by atoms with Crippen LogP contribution in [0.25, 0.3) is 0 Å². The minimum Gasteiger partial charge on any atom is -0.481 e. The van der Waals surface area contributed by atoms with E-state index in [2.05, 4.69) is 10.6 Å². The molecule has 21 heavy (non-hydrogen) atoms. The van der Waals surface area contributed by atoms with Crippen molar-refractivity contribution in [3.8, 4) is 0 Å². The molecular formula is C15H20N2O4. The molecule has 0 radical (unpaired) electrons. The Bertz CT molecular complexity index is 488. The Balaban J connectivity index is 2.25. The summed E-state index contributed by atoms with van der Waals surface area (Å²) in [5.74, 6) is -2.01. The number of aliphatic carboxylic acids is 1. The van der Waals surface area contributed by atoms with Crippen molar-refractivity contribution in [1.29, 1.82) is 0 Å². The third-order valence-electron chi connectivity index (χ3n) is 3.06. The van der Waals surface area contributed by atoms with Gasteiger partial charge in [0.1, 0.15) is 0 Å². The molecule has 0 aliphatic heterocycles. The molecule has 114 valence electrons. The molecule has 0 heterocycles. The second-order valence-electron chi connectivity index (χ2n) is 4.62. The van der Waals surface area contributed by atoms with E-state index in [-0.39, 0.29) is 31.3 Å². The maximum atomic E-state index is 11.7. The van der Waals surface area contributed by atoms with E-state index in [1.807, 2.05) is 6.07 Å². The van der Waals surface area contributed by atoms with Crippen molar-refractivity contribution in [3.63, 3.8) is 0 Å². The van der Waals surface area contributed by atoms with Crippen molar-refractivity contribution in [3.05, 3.63) is 35.9 Å². The minimum atomic E-state index is -0.921. The van der Waals surface area contributed by atoms with Crippen LogP contribution in [0.15, 0.2) is 30.3 Å². The summed E-state index contributed by atoms with van der Waals surface area (Å²) < 4.78 is 0. The summed E-state index contributed by atoms with van der Waals surface area (Å²) >= 11 is 0. The molecule has 6 heteroatoms. The van der Waals surface area contributed by atoms with E-state index >= 15 is 0 Å². The topological polar surface area (TPSA) is 95.5 Å². The number of rotatable bonds is 8. The summed E-state index contributed by atoms with van der Waals surface area (Å²) in [6.07, 6.45) is 0.578. The summed E-state index contributed by atoms with van der Waals surface area (Å²) in [6.45, 7) is 2.08. The van der Waals surface area contributed by atoms with E-state index in [1.165, 1.54) is 0 Å². The van der Waals surface area contributed by atoms with E-state index in [4.69, 9.17) is 5.11 Å². The Labute approximate surface area is 123 Å². The number of hydrogen-bond acceptors (Lipinski definition) is 3. The molecule has 2 amide bonds. The van der Waals surface area contributed by atoms with Crippen molar-refractivity contribution in [2.45, 2.75) is 19.8 Å². The highest BCUT2D eigenvalue weighted by Gasteiger charge is 2.15. The predicted molar refractivity (Wildman–Crippen MR) is 77.8 cm³/mol. The van der Waals surface area contributed by atoms with Crippen molar-refractivity contribution in [2.24, 2.45) is 5.92 Å². The molecular weight excluding hydrogens is 272 g/mol. The van der Waals surface area contributed by atoms with Gasteiger partial charge in [-0.3, -0.25) is 14.4 Å². The van der Waals surface area contributed by atoms with E-state index in [1.54, 1.807) is 31.2 Å². The molecule has 0 saturated carbocycles. The normalized spacial score (nSPS) is 11.5. The lowest BCUT2D eigenvalue weighted by atomic mass is 10.1. The quantitative estimate of drug-likeness (QED) is 0.667. The van der Waals surface area contributed by atoms with E-state index in [0.29, 0.717) is 12.0 Å². The van der Waals surface area contributed by atoms with Crippen molar-refractivity contribution >= 4 is 17.8 Å². The average Bonchev–Trinajstić information content (AvgIpc) is 2.48. The largest absolute Gasteiger partial charge is 0.481 e. The van der Waals surface area contributed by atoms with E-state index < -0.39 is 11.9 Å². The first-order valence-corrected chi connectivity index (χ1v) is 6.87. The monoisotopic (exact) mass is 292 g/mol. The molecule has 3 N–H and O–H groups in total. The molecule has 6 nitrogen and oxygen atoms in total. The summed E-state index contributed by atoms with van der Waals surface area (Å²) in [6, 6.07) is 8.72. The van der Waals surface area contributed by atoms with Crippen LogP contribution < -0.4 is 10.6 Å². The Morgan fingerprint density at radius 2 is 1.81 bits per heavy atom. The number of carbonyl (C=O) groups excluding carboxylic acids is 2. The summed E-state index contributed by atoms with van der Waals surface area (Å²) in [5, 5.41) is 14.0. The van der Waals surface area contributed by atoms with Crippen LogP contribution in [0.1, 0.15) is 30.1 Å². The zero-order chi connectivity index (χ0) is 15.7. The molecule has 1 aromatic carbocycles. The number of amides is 2. The first-order valence-electron chi connectivity index (χ1n) is 6.87. The van der Waals surface area contributed by atoms with Gasteiger partial charge in [0.05, 0.1) is 5.92 Å². The molecule has 0 aliphatic rings. The number of carboxylic acid groups (broad SMARTS) is 1. The van der Waals surface area contributed by atoms with Crippen LogP contribution >= 0.6 is 0 Å². The second kappa shape index (κ2) is 8.73. The minimum absolute atomic E-state index is 0.108. The molecule has 0 aliphatic carbocycles. The second-order valence-corrected chi connectivity index (χ2v) is 4.62. The third-order valence-corrected chi connectivity index (χ3v) is 3.06. The molecule has 1 rings (SSSR count). The van der Waals surface area contributed by atoms with Crippen LogP contribution in [-0.2, 0) is 9.59 Å². The van der Waals surface area contributed by atoms with Crippen LogP contribution in [0.4, 0.5) is 0 Å². The molecule has 1 unspecified atom stereocenters. The Morgan fingerprint density at radius 3 is 2.38 bits per heavy atom. The Morgan fingerprint density at radius 1 is 1.14 bits per heavy atom. The van der Waals surface area contributed by atoms with Crippen LogP contribution in [0, 0.1) is 5.92 Å². The van der Waals surface area contributed by atoms with Crippen molar-refractivity contribution in [1.82, 2.24) is 10.6 Å². The number of benzene rings is 1. The van der Waals surface area contributed by atoms with Gasteiger partial charge < -0.3 is 15.7 Å². The molecule has 0 saturated heterocycles. The van der Waals surface area contributed by atoms with Gasteiger partial charge in [-0.15, -0.1) is 0 Å². The van der Waals surface area contributed by atoms with Gasteiger partial charge in [0.15, 0.2) is 0 Å². The third kappa shape index (κ3) is 6.07. The smallest absolute Gasteiger partial charge is 0.308 e. The van der Waals surface area contributed by atoms with Gasteiger partial charge in [-0.25, -0.2) is 0 Å². The standard InChI is InChI=1S/C15H20N2O4/c1-2-11(15(20)21)10-17-13(18)8-9-16-14(19)12-6-4-3-5-7-12/h3-7,11H,2,8-10H2,1H3,(H,16,19)(H,17,18)(H,20,21). The van der Waals surface area contributed by atoms with Gasteiger partial charge in [0.2, 0.25) is 5.91 Å². The van der Waals surface area contributed by atoms with Crippen LogP contribution in [0.5, 0.6) is 0 Å². The summed E-state index contributed by atoms with van der Waals surface area (Å²) in [5.41, 5.74) is 0.537. The predicted octanol–water partition coefficient (Wildman–Crippen LogP) is 1.03. The Hall–Kier alpha value is -2.37. The van der Waals surface area contributed by atoms with Crippen molar-refractivity contribution < 1.29 is 19.5 Å². The maximum Gasteiger partial charge on any atom is 0.308 e. The van der Waals surface area contributed by atoms with Gasteiger partial charge >= 0.3 is 5.97 Å². The molecule has 0 fully saturated rings. The lowest BCUT2D eigenvalue weighted by molar-refractivity contribution is -0.141. The fourth-order valence-electron chi connectivity index (χ4n) is 1.71. The summed E-state index contributed by atoms with van der Waals surface area (Å²) in [7, 11) is 0. The number of carboxylic acids is 1. The SMILES string of the molecule is CCC(CNC(=O)CCNC(=O)c1ccccc1)C(=O)O. The van der Waals surface area contributed by atoms with E-state index in [9.17, 15) is 14.4 Å². The van der Waals surface area contributed by atoms with Crippen LogP contribution in [-0.4, -0.2) is 36.0 Å². The molecule has 0 spiro atoms. The molecule has 1 aromatic rings. The average molecular weight is 292 g/mol. The maximum absolute atomic E-state index is 11.7. The first kappa shape index (κ1) is 16.7. The van der Waals surface area contributed by atoms with Gasteiger partial charge in [0.25, 0.3) is 5.91 Å². The fraction of sp³-hybridized carbons (Fsp3) is 0.400. The fourth-order valence-corrected chi connectivity index (χ4v) is 1.71. The summed E-state index contributed by atoms with van der Waals surface area (Å²) in [4.78, 5) is 34.1. The first-order chi connectivity index (χ1) is 10.0. The van der Waals surface area contributed by atoms with Crippen molar-refractivity contribution in [2.75, 3.05) is 13.1 Å². The van der Waals surface area contributed by atoms with Gasteiger partial charge in [-0.05, 0) is 18.6 Å². The van der Waals surface area contributed by atoms with Gasteiger partial charge in [0, 0.05) is 25.1 Å². The lowest BCUT2D eigenvalue weighted by Crippen LogP contribution is -2.35. The van der Waals surface area contributed by atoms with Crippen LogP contribution in [0.3, 0.4) is 0 Å². The van der Waals surface area contributed by atoms with Gasteiger partial charge in [-0.1, -0.05) is 25.1 Å². The number of carbonyl (C=O) groups is 3. The number of hydrogen-bond donors (Lipinski definition) is 3. The Kier molecular flexibility index (Phi) is 6.94. The highest BCUT2D eigenvalue weighted by molar-refractivity contribution is 5.94. The lowest BCUT2D eigenvalue weighted by Gasteiger charge is -2.11. The van der Waals surface area contributed by atoms with E-state index in [0.717, 1.165) is 0 Å². The molecule has 0 aromatic heterocycles. The zero-order valence-corrected chi connectivity index (χ0v) is 12.0. The molecule has 0 bridgehead atoms. The van der Waals surface area contributed by atoms with Crippen LogP contribution in [0.2, 0.25) is 0 Å². The number of nitrogens with one attached hydrogen (secondary N) is 2. The highest BCUT2D eigenvalue weighted by atomic mass is 16.4. The van der Waals surface area contributed by atoms with Gasteiger partial charge in [-0.2, -0.15) is 0 Å². The highest BCUT2D eigenvalue weighted by Crippen LogP contribution is 2.00.